The second kappa shape index (κ2) is 5.20. The molecule has 0 aliphatic carbocycles. The zero-order valence-electron chi connectivity index (χ0n) is 10.7. The average Bonchev–Trinajstić information content (AvgIpc) is 2.71. The van der Waals surface area contributed by atoms with E-state index in [9.17, 15) is 9.59 Å². The van der Waals surface area contributed by atoms with Gasteiger partial charge in [0.1, 0.15) is 6.04 Å². The van der Waals surface area contributed by atoms with Crippen molar-refractivity contribution in [2.24, 2.45) is 7.05 Å². The zero-order chi connectivity index (χ0) is 13.1. The van der Waals surface area contributed by atoms with Crippen molar-refractivity contribution in [3.05, 3.63) is 18.0 Å². The van der Waals surface area contributed by atoms with E-state index in [-0.39, 0.29) is 24.4 Å². The molecule has 6 heteroatoms. The van der Waals surface area contributed by atoms with E-state index in [2.05, 4.69) is 10.4 Å². The number of carbonyl (C=O) groups is 2. The average molecular weight is 250 g/mol. The summed E-state index contributed by atoms with van der Waals surface area (Å²) in [6.45, 7) is 2.58. The van der Waals surface area contributed by atoms with E-state index in [1.54, 1.807) is 15.8 Å². The number of rotatable bonds is 4. The molecular formula is C12H18N4O2. The Morgan fingerprint density at radius 2 is 2.28 bits per heavy atom. The highest BCUT2D eigenvalue weighted by Crippen LogP contribution is 2.11. The quantitative estimate of drug-likeness (QED) is 0.821. The molecule has 1 aliphatic rings. The van der Waals surface area contributed by atoms with Gasteiger partial charge in [0, 0.05) is 25.4 Å². The van der Waals surface area contributed by atoms with Gasteiger partial charge in [-0.05, 0) is 6.42 Å². The zero-order valence-corrected chi connectivity index (χ0v) is 10.7. The second-order valence-corrected chi connectivity index (χ2v) is 4.63. The Hall–Kier alpha value is -1.85. The fourth-order valence-corrected chi connectivity index (χ4v) is 2.17. The topological polar surface area (TPSA) is 67.2 Å². The van der Waals surface area contributed by atoms with Gasteiger partial charge in [-0.1, -0.05) is 13.3 Å². The van der Waals surface area contributed by atoms with E-state index in [4.69, 9.17) is 0 Å². The van der Waals surface area contributed by atoms with Crippen LogP contribution < -0.4 is 5.32 Å². The molecular weight excluding hydrogens is 232 g/mol. The Morgan fingerprint density at radius 1 is 1.50 bits per heavy atom. The van der Waals surface area contributed by atoms with E-state index in [1.807, 2.05) is 20.2 Å². The molecule has 0 radical (unpaired) electrons. The number of carbonyl (C=O) groups excluding carboxylic acids is 2. The first kappa shape index (κ1) is 12.6. The normalized spacial score (nSPS) is 20.1. The van der Waals surface area contributed by atoms with Gasteiger partial charge < -0.3 is 10.2 Å². The molecule has 1 aliphatic heterocycles. The third-order valence-corrected chi connectivity index (χ3v) is 2.99. The lowest BCUT2D eigenvalue weighted by molar-refractivity contribution is -0.145. The van der Waals surface area contributed by atoms with Crippen LogP contribution in [0.1, 0.15) is 25.3 Å². The summed E-state index contributed by atoms with van der Waals surface area (Å²) in [6, 6.07) is -0.368. The minimum Gasteiger partial charge on any atom is -0.343 e. The predicted octanol–water partition coefficient (Wildman–Crippen LogP) is 0.0472. The minimum absolute atomic E-state index is 0.000281. The molecule has 0 saturated carbocycles. The molecule has 2 amide bonds. The first-order valence-corrected chi connectivity index (χ1v) is 6.16. The highest BCUT2D eigenvalue weighted by atomic mass is 16.2. The molecule has 0 bridgehead atoms. The number of nitrogens with zero attached hydrogens (tertiary/aromatic N) is 3. The number of amides is 2. The summed E-state index contributed by atoms with van der Waals surface area (Å²) in [4.78, 5) is 25.3. The van der Waals surface area contributed by atoms with E-state index in [0.29, 0.717) is 13.0 Å². The fraction of sp³-hybridized carbons (Fsp3) is 0.583. The standard InChI is InChI=1S/C12H18N4O2/c1-3-4-10-12(18)16(8-11(17)14-10)7-9-5-13-15(2)6-9/h5-6,10H,3-4,7-8H2,1-2H3,(H,14,17). The van der Waals surface area contributed by atoms with Crippen molar-refractivity contribution in [1.82, 2.24) is 20.0 Å². The Bertz CT molecular complexity index is 455. The van der Waals surface area contributed by atoms with Gasteiger partial charge in [0.05, 0.1) is 12.7 Å². The van der Waals surface area contributed by atoms with Gasteiger partial charge in [-0.3, -0.25) is 14.3 Å². The van der Waals surface area contributed by atoms with Gasteiger partial charge in [0.25, 0.3) is 0 Å². The first-order chi connectivity index (χ1) is 8.60. The lowest BCUT2D eigenvalue weighted by atomic mass is 10.1. The van der Waals surface area contributed by atoms with Crippen LogP contribution in [-0.4, -0.2) is 39.1 Å². The molecule has 1 fully saturated rings. The lowest BCUT2D eigenvalue weighted by Gasteiger charge is -2.32. The number of aryl methyl sites for hydroxylation is 1. The minimum atomic E-state index is -0.368. The Kier molecular flexibility index (Phi) is 3.64. The summed E-state index contributed by atoms with van der Waals surface area (Å²) in [6.07, 6.45) is 5.13. The molecule has 1 atom stereocenters. The summed E-state index contributed by atoms with van der Waals surface area (Å²) in [5.74, 6) is -0.0859. The molecule has 2 heterocycles. The van der Waals surface area contributed by atoms with E-state index in [1.165, 1.54) is 0 Å². The molecule has 1 aromatic rings. The molecule has 98 valence electrons. The van der Waals surface area contributed by atoms with Crippen LogP contribution in [0.3, 0.4) is 0 Å². The lowest BCUT2D eigenvalue weighted by Crippen LogP contribution is -2.57. The van der Waals surface area contributed by atoms with E-state index >= 15 is 0 Å². The highest BCUT2D eigenvalue weighted by Gasteiger charge is 2.31. The van der Waals surface area contributed by atoms with Crippen LogP contribution in [0.4, 0.5) is 0 Å². The molecule has 1 unspecified atom stereocenters. The van der Waals surface area contributed by atoms with Crippen molar-refractivity contribution < 1.29 is 9.59 Å². The molecule has 6 nitrogen and oxygen atoms in total. The van der Waals surface area contributed by atoms with Crippen molar-refractivity contribution in [2.75, 3.05) is 6.54 Å². The maximum atomic E-state index is 12.2. The number of hydrogen-bond donors (Lipinski definition) is 1. The number of aromatic nitrogens is 2. The van der Waals surface area contributed by atoms with Crippen molar-refractivity contribution in [1.29, 1.82) is 0 Å². The smallest absolute Gasteiger partial charge is 0.245 e. The van der Waals surface area contributed by atoms with Crippen LogP contribution in [0, 0.1) is 0 Å². The van der Waals surface area contributed by atoms with E-state index < -0.39 is 0 Å². The van der Waals surface area contributed by atoms with Crippen molar-refractivity contribution in [3.8, 4) is 0 Å². The molecule has 0 spiro atoms. The maximum Gasteiger partial charge on any atom is 0.245 e. The monoisotopic (exact) mass is 250 g/mol. The maximum absolute atomic E-state index is 12.2. The third kappa shape index (κ3) is 2.69. The summed E-state index contributed by atoms with van der Waals surface area (Å²) in [5, 5.41) is 6.80. The van der Waals surface area contributed by atoms with Crippen LogP contribution >= 0.6 is 0 Å². The highest BCUT2D eigenvalue weighted by molar-refractivity contribution is 5.94. The van der Waals surface area contributed by atoms with Crippen molar-refractivity contribution in [2.45, 2.75) is 32.4 Å². The molecule has 1 aromatic heterocycles. The van der Waals surface area contributed by atoms with E-state index in [0.717, 1.165) is 12.0 Å². The summed E-state index contributed by atoms with van der Waals surface area (Å²) < 4.78 is 1.69. The number of hydrogen-bond acceptors (Lipinski definition) is 3. The SMILES string of the molecule is CCCC1NC(=O)CN(Cc2cnn(C)c2)C1=O. The van der Waals surface area contributed by atoms with Crippen LogP contribution in [0.15, 0.2) is 12.4 Å². The fourth-order valence-electron chi connectivity index (χ4n) is 2.17. The van der Waals surface area contributed by atoms with Crippen LogP contribution in [0.25, 0.3) is 0 Å². The summed E-state index contributed by atoms with van der Waals surface area (Å²) in [7, 11) is 1.83. The summed E-state index contributed by atoms with van der Waals surface area (Å²) in [5.41, 5.74) is 0.941. The van der Waals surface area contributed by atoms with Gasteiger partial charge in [-0.15, -0.1) is 0 Å². The van der Waals surface area contributed by atoms with Gasteiger partial charge in [0.2, 0.25) is 11.8 Å². The van der Waals surface area contributed by atoms with Gasteiger partial charge in [0.15, 0.2) is 0 Å². The molecule has 2 rings (SSSR count). The number of nitrogens with one attached hydrogen (secondary N) is 1. The Morgan fingerprint density at radius 3 is 2.89 bits per heavy atom. The second-order valence-electron chi connectivity index (χ2n) is 4.63. The van der Waals surface area contributed by atoms with Gasteiger partial charge >= 0.3 is 0 Å². The number of piperazine rings is 1. The van der Waals surface area contributed by atoms with Crippen LogP contribution in [0.5, 0.6) is 0 Å². The van der Waals surface area contributed by atoms with Gasteiger partial charge in [-0.25, -0.2) is 0 Å². The summed E-state index contributed by atoms with van der Waals surface area (Å²) >= 11 is 0. The molecule has 1 saturated heterocycles. The van der Waals surface area contributed by atoms with Gasteiger partial charge in [-0.2, -0.15) is 5.10 Å². The Labute approximate surface area is 106 Å². The van der Waals surface area contributed by atoms with Crippen molar-refractivity contribution in [3.63, 3.8) is 0 Å². The Balaban J connectivity index is 2.06. The third-order valence-electron chi connectivity index (χ3n) is 2.99. The van der Waals surface area contributed by atoms with Crippen molar-refractivity contribution >= 4 is 11.8 Å². The first-order valence-electron chi connectivity index (χ1n) is 6.16. The molecule has 18 heavy (non-hydrogen) atoms. The van der Waals surface area contributed by atoms with Crippen LogP contribution in [0.2, 0.25) is 0 Å². The largest absolute Gasteiger partial charge is 0.343 e. The molecule has 1 N–H and O–H groups in total. The molecule has 0 aromatic carbocycles. The predicted molar refractivity (Wildman–Crippen MR) is 65.5 cm³/mol. The van der Waals surface area contributed by atoms with Crippen LogP contribution in [-0.2, 0) is 23.2 Å².